The zero-order chi connectivity index (χ0) is 28.9. The number of hydrogen-bond donors (Lipinski definition) is 1. The first kappa shape index (κ1) is 34.1. The Morgan fingerprint density at radius 2 is 1.41 bits per heavy atom. The van der Waals surface area contributed by atoms with Gasteiger partial charge in [-0.1, -0.05) is 20.8 Å². The van der Waals surface area contributed by atoms with Gasteiger partial charge in [-0.05, 0) is 79.4 Å². The van der Waals surface area contributed by atoms with E-state index >= 15 is 0 Å². The standard InChI is InChI=1S/C14H28O4Si.C13H24O5/c1-13(2,3)19(6,7)16-9-8-11-12(10-15)18-14(4,5)17-11;1-12(2,3)11(15)16-8-10-9(6-7-14)17-13(4,5)18-10/h10-12H,8-9H2,1-7H3;9-10,14H,6-8H2,1-5H3/t11-,12+;9-,10+/m00/s1. The van der Waals surface area contributed by atoms with E-state index in [0.29, 0.717) is 19.4 Å². The SMILES string of the molecule is CC1(C)O[C@@H](CCO)[C@@H](COC(=O)C(C)(C)C)O1.CC1(C)O[C@@H](CCO[Si](C)(C)C(C)(C)C)[C@@H](C=O)O1. The molecule has 0 aromatic rings. The first-order valence-corrected chi connectivity index (χ1v) is 16.1. The van der Waals surface area contributed by atoms with Crippen LogP contribution in [0.25, 0.3) is 0 Å². The maximum absolute atomic E-state index is 11.7. The highest BCUT2D eigenvalue weighted by molar-refractivity contribution is 6.74. The van der Waals surface area contributed by atoms with Gasteiger partial charge in [-0.25, -0.2) is 0 Å². The molecule has 2 aliphatic heterocycles. The third kappa shape index (κ3) is 11.0. The number of aldehydes is 1. The number of carbonyl (C=O) groups excluding carboxylic acids is 2. The fourth-order valence-corrected chi connectivity index (χ4v) is 4.71. The average Bonchev–Trinajstić information content (AvgIpc) is 3.18. The van der Waals surface area contributed by atoms with Crippen LogP contribution in [0.1, 0.15) is 82.1 Å². The largest absolute Gasteiger partial charge is 0.462 e. The van der Waals surface area contributed by atoms with Crippen LogP contribution in [0.15, 0.2) is 0 Å². The number of aliphatic hydroxyl groups excluding tert-OH is 1. The van der Waals surface area contributed by atoms with E-state index in [0.717, 1.165) is 6.29 Å². The summed E-state index contributed by atoms with van der Waals surface area (Å²) in [6.45, 7) is 24.6. The molecule has 0 bridgehead atoms. The molecule has 1 N–H and O–H groups in total. The Labute approximate surface area is 225 Å². The lowest BCUT2D eigenvalue weighted by Crippen LogP contribution is -2.41. The quantitative estimate of drug-likeness (QED) is 0.251. The molecule has 0 saturated carbocycles. The van der Waals surface area contributed by atoms with Crippen molar-refractivity contribution < 1.29 is 42.8 Å². The first-order valence-electron chi connectivity index (χ1n) is 13.2. The smallest absolute Gasteiger partial charge is 0.311 e. The van der Waals surface area contributed by atoms with Crippen molar-refractivity contribution in [3.63, 3.8) is 0 Å². The predicted molar refractivity (Wildman–Crippen MR) is 144 cm³/mol. The molecule has 2 aliphatic rings. The van der Waals surface area contributed by atoms with Crippen LogP contribution < -0.4 is 0 Å². The van der Waals surface area contributed by atoms with Gasteiger partial charge >= 0.3 is 5.97 Å². The van der Waals surface area contributed by atoms with Gasteiger partial charge < -0.3 is 38.0 Å². The van der Waals surface area contributed by atoms with E-state index in [2.05, 4.69) is 33.9 Å². The van der Waals surface area contributed by atoms with E-state index in [4.69, 9.17) is 33.2 Å². The minimum absolute atomic E-state index is 0.0217. The van der Waals surface area contributed by atoms with Gasteiger partial charge in [0, 0.05) is 13.2 Å². The number of rotatable bonds is 9. The number of esters is 1. The summed E-state index contributed by atoms with van der Waals surface area (Å²) in [4.78, 5) is 22.7. The fourth-order valence-electron chi connectivity index (χ4n) is 3.64. The highest BCUT2D eigenvalue weighted by Crippen LogP contribution is 2.37. The van der Waals surface area contributed by atoms with E-state index < -0.39 is 31.4 Å². The molecule has 2 rings (SSSR count). The molecule has 0 unspecified atom stereocenters. The molecule has 218 valence electrons. The Balaban J connectivity index is 0.000000371. The van der Waals surface area contributed by atoms with Crippen molar-refractivity contribution in [3.05, 3.63) is 0 Å². The average molecular weight is 549 g/mol. The Morgan fingerprint density at radius 3 is 1.89 bits per heavy atom. The van der Waals surface area contributed by atoms with Crippen molar-refractivity contribution in [2.45, 2.75) is 136 Å². The van der Waals surface area contributed by atoms with E-state index in [9.17, 15) is 9.59 Å². The Bertz CT molecular complexity index is 737. The van der Waals surface area contributed by atoms with E-state index in [1.165, 1.54) is 0 Å². The molecule has 0 aliphatic carbocycles. The van der Waals surface area contributed by atoms with Gasteiger partial charge in [0.2, 0.25) is 0 Å². The fraction of sp³-hybridized carbons (Fsp3) is 0.926. The highest BCUT2D eigenvalue weighted by Gasteiger charge is 2.43. The van der Waals surface area contributed by atoms with Crippen molar-refractivity contribution in [2.75, 3.05) is 19.8 Å². The second-order valence-electron chi connectivity index (χ2n) is 13.2. The van der Waals surface area contributed by atoms with Crippen molar-refractivity contribution in [1.29, 1.82) is 0 Å². The number of hydrogen-bond acceptors (Lipinski definition) is 9. The molecule has 0 amide bonds. The van der Waals surface area contributed by atoms with Crippen LogP contribution in [0.3, 0.4) is 0 Å². The zero-order valence-electron chi connectivity index (χ0n) is 25.1. The summed E-state index contributed by atoms with van der Waals surface area (Å²) in [5.41, 5.74) is -0.526. The second kappa shape index (κ2) is 13.0. The Morgan fingerprint density at radius 1 is 0.892 bits per heavy atom. The van der Waals surface area contributed by atoms with Crippen LogP contribution >= 0.6 is 0 Å². The van der Waals surface area contributed by atoms with Crippen molar-refractivity contribution in [2.24, 2.45) is 5.41 Å². The number of ether oxygens (including phenoxy) is 5. The highest BCUT2D eigenvalue weighted by atomic mass is 28.4. The lowest BCUT2D eigenvalue weighted by molar-refractivity contribution is -0.165. The van der Waals surface area contributed by atoms with Crippen LogP contribution in [0.2, 0.25) is 18.1 Å². The van der Waals surface area contributed by atoms with Crippen LogP contribution in [0, 0.1) is 5.41 Å². The Kier molecular flexibility index (Phi) is 12.0. The third-order valence-corrected chi connectivity index (χ3v) is 11.3. The summed E-state index contributed by atoms with van der Waals surface area (Å²) in [6, 6.07) is 0. The number of carbonyl (C=O) groups is 2. The summed E-state index contributed by atoms with van der Waals surface area (Å²) < 4.78 is 33.9. The lowest BCUT2D eigenvalue weighted by Gasteiger charge is -2.36. The van der Waals surface area contributed by atoms with Gasteiger partial charge in [0.05, 0.1) is 17.6 Å². The van der Waals surface area contributed by atoms with Gasteiger partial charge in [0.1, 0.15) is 18.8 Å². The summed E-state index contributed by atoms with van der Waals surface area (Å²) in [6.07, 6.45) is 0.762. The minimum Gasteiger partial charge on any atom is -0.462 e. The second-order valence-corrected chi connectivity index (χ2v) is 18.1. The molecule has 9 nitrogen and oxygen atoms in total. The van der Waals surface area contributed by atoms with Gasteiger partial charge in [-0.2, -0.15) is 0 Å². The van der Waals surface area contributed by atoms with Crippen molar-refractivity contribution in [1.82, 2.24) is 0 Å². The van der Waals surface area contributed by atoms with Crippen LogP contribution in [0.4, 0.5) is 0 Å². The van der Waals surface area contributed by atoms with Crippen LogP contribution in [0.5, 0.6) is 0 Å². The molecule has 4 atom stereocenters. The topological polar surface area (TPSA) is 110 Å². The molecule has 0 spiro atoms. The summed E-state index contributed by atoms with van der Waals surface area (Å²) in [5.74, 6) is -1.63. The molecule has 10 heteroatoms. The maximum atomic E-state index is 11.7. The summed E-state index contributed by atoms with van der Waals surface area (Å²) in [5, 5.41) is 9.18. The monoisotopic (exact) mass is 548 g/mol. The van der Waals surface area contributed by atoms with E-state index in [1.807, 2.05) is 27.7 Å². The summed E-state index contributed by atoms with van der Waals surface area (Å²) in [7, 11) is -1.73. The maximum Gasteiger partial charge on any atom is 0.311 e. The van der Waals surface area contributed by atoms with Gasteiger partial charge in [0.25, 0.3) is 0 Å². The Hall–Kier alpha value is -0.883. The van der Waals surface area contributed by atoms with E-state index in [-0.39, 0.29) is 42.5 Å². The van der Waals surface area contributed by atoms with Crippen LogP contribution in [-0.4, -0.2) is 81.5 Å². The first-order chi connectivity index (χ1) is 16.6. The number of aliphatic hydroxyl groups is 1. The zero-order valence-corrected chi connectivity index (χ0v) is 26.1. The van der Waals surface area contributed by atoms with Gasteiger partial charge in [0.15, 0.2) is 26.2 Å². The molecule has 2 heterocycles. The molecular formula is C27H52O9Si. The molecule has 2 saturated heterocycles. The lowest BCUT2D eigenvalue weighted by atomic mass is 9.97. The van der Waals surface area contributed by atoms with Crippen molar-refractivity contribution >= 4 is 20.6 Å². The van der Waals surface area contributed by atoms with Gasteiger partial charge in [-0.3, -0.25) is 4.79 Å². The molecule has 0 aromatic heterocycles. The van der Waals surface area contributed by atoms with Crippen molar-refractivity contribution in [3.8, 4) is 0 Å². The molecule has 2 fully saturated rings. The van der Waals surface area contributed by atoms with E-state index in [1.54, 1.807) is 20.8 Å². The summed E-state index contributed by atoms with van der Waals surface area (Å²) >= 11 is 0. The minimum atomic E-state index is -1.73. The molecule has 0 radical (unpaired) electrons. The predicted octanol–water partition coefficient (Wildman–Crippen LogP) is 4.60. The van der Waals surface area contributed by atoms with Gasteiger partial charge in [-0.15, -0.1) is 0 Å². The van der Waals surface area contributed by atoms with Crippen LogP contribution in [-0.2, 0) is 37.7 Å². The molecule has 0 aromatic carbocycles. The normalized spacial score (nSPS) is 27.4. The molecular weight excluding hydrogens is 496 g/mol. The molecule has 37 heavy (non-hydrogen) atoms. The third-order valence-electron chi connectivity index (χ3n) is 6.72.